The number of fused-ring (bicyclic) bond motifs is 1. The molecule has 26 heavy (non-hydrogen) atoms. The number of aryl methyl sites for hydroxylation is 1. The summed E-state index contributed by atoms with van der Waals surface area (Å²) in [7, 11) is 0. The second kappa shape index (κ2) is 7.55. The van der Waals surface area contributed by atoms with Crippen molar-refractivity contribution in [3.05, 3.63) is 42.0 Å². The number of aliphatic carboxylic acids is 1. The van der Waals surface area contributed by atoms with Crippen LogP contribution in [0.5, 0.6) is 5.75 Å². The number of carbonyl (C=O) groups is 2. The maximum atomic E-state index is 12.8. The number of amides is 1. The van der Waals surface area contributed by atoms with Gasteiger partial charge in [-0.25, -0.2) is 4.79 Å². The smallest absolute Gasteiger partial charge is 0.328 e. The number of benzene rings is 1. The van der Waals surface area contributed by atoms with Crippen molar-refractivity contribution in [2.24, 2.45) is 5.92 Å². The molecule has 3 rings (SSSR count). The fraction of sp³-hybridized carbons (Fsp3) is 0.444. The molecule has 2 heterocycles. The standard InChI is InChI=1S/C18H22N4O4/c1-12(8-9-26-14-6-4-3-5-7-14)17(23)22-11-16-20-19-13(2)21(16)10-15(22)18(24)25/h3-7,12,15H,8-11H2,1-2H3,(H,24,25). The number of hydrogen-bond donors (Lipinski definition) is 1. The summed E-state index contributed by atoms with van der Waals surface area (Å²) in [5.41, 5.74) is 0. The van der Waals surface area contributed by atoms with E-state index in [9.17, 15) is 14.7 Å². The predicted molar refractivity (Wildman–Crippen MR) is 92.5 cm³/mol. The molecule has 1 aliphatic rings. The van der Waals surface area contributed by atoms with Crippen molar-refractivity contribution >= 4 is 11.9 Å². The molecule has 138 valence electrons. The number of carbonyl (C=O) groups excluding carboxylic acids is 1. The number of aromatic nitrogens is 3. The van der Waals surface area contributed by atoms with Crippen molar-refractivity contribution in [3.63, 3.8) is 0 Å². The number of hydrogen-bond acceptors (Lipinski definition) is 5. The third-order valence-corrected chi connectivity index (χ3v) is 4.61. The van der Waals surface area contributed by atoms with Crippen LogP contribution in [0.15, 0.2) is 30.3 Å². The van der Waals surface area contributed by atoms with E-state index >= 15 is 0 Å². The topological polar surface area (TPSA) is 97.5 Å². The van der Waals surface area contributed by atoms with Crippen LogP contribution < -0.4 is 4.74 Å². The SMILES string of the molecule is Cc1nnc2n1CC(C(=O)O)N(C(=O)C(C)CCOc1ccccc1)C2. The zero-order chi connectivity index (χ0) is 18.7. The molecule has 0 bridgehead atoms. The molecule has 1 N–H and O–H groups in total. The maximum absolute atomic E-state index is 12.8. The Labute approximate surface area is 151 Å². The summed E-state index contributed by atoms with van der Waals surface area (Å²) in [6.45, 7) is 4.28. The Hall–Kier alpha value is -2.90. The summed E-state index contributed by atoms with van der Waals surface area (Å²) in [5.74, 6) is 0.433. The minimum Gasteiger partial charge on any atom is -0.494 e. The Bertz CT molecular complexity index is 790. The number of para-hydroxylation sites is 1. The molecule has 0 saturated heterocycles. The lowest BCUT2D eigenvalue weighted by Crippen LogP contribution is -2.52. The summed E-state index contributed by atoms with van der Waals surface area (Å²) in [4.78, 5) is 25.9. The van der Waals surface area contributed by atoms with E-state index in [1.54, 1.807) is 18.4 Å². The van der Waals surface area contributed by atoms with Crippen molar-refractivity contribution < 1.29 is 19.4 Å². The Morgan fingerprint density at radius 3 is 2.73 bits per heavy atom. The van der Waals surface area contributed by atoms with E-state index in [0.29, 0.717) is 24.7 Å². The number of ether oxygens (including phenoxy) is 1. The molecule has 1 aliphatic heterocycles. The van der Waals surface area contributed by atoms with Crippen LogP contribution in [0.3, 0.4) is 0 Å². The summed E-state index contributed by atoms with van der Waals surface area (Å²) in [6, 6.07) is 8.46. The highest BCUT2D eigenvalue weighted by Gasteiger charge is 2.37. The summed E-state index contributed by atoms with van der Waals surface area (Å²) >= 11 is 0. The highest BCUT2D eigenvalue weighted by atomic mass is 16.5. The van der Waals surface area contributed by atoms with Crippen molar-refractivity contribution in [3.8, 4) is 5.75 Å². The van der Waals surface area contributed by atoms with E-state index in [1.165, 1.54) is 4.90 Å². The van der Waals surface area contributed by atoms with Gasteiger partial charge >= 0.3 is 5.97 Å². The van der Waals surface area contributed by atoms with E-state index in [1.807, 2.05) is 30.3 Å². The van der Waals surface area contributed by atoms with Gasteiger partial charge in [-0.2, -0.15) is 0 Å². The molecule has 0 aliphatic carbocycles. The Balaban J connectivity index is 1.64. The Morgan fingerprint density at radius 1 is 1.31 bits per heavy atom. The van der Waals surface area contributed by atoms with Crippen LogP contribution in [-0.2, 0) is 22.7 Å². The van der Waals surface area contributed by atoms with E-state index in [0.717, 1.165) is 5.75 Å². The monoisotopic (exact) mass is 358 g/mol. The molecular formula is C18H22N4O4. The highest BCUT2D eigenvalue weighted by molar-refractivity contribution is 5.85. The molecule has 1 aromatic heterocycles. The Morgan fingerprint density at radius 2 is 2.04 bits per heavy atom. The molecule has 0 saturated carbocycles. The Kier molecular flexibility index (Phi) is 5.20. The summed E-state index contributed by atoms with van der Waals surface area (Å²) in [5, 5.41) is 17.6. The molecule has 8 nitrogen and oxygen atoms in total. The first-order valence-electron chi connectivity index (χ1n) is 8.57. The van der Waals surface area contributed by atoms with Crippen molar-refractivity contribution in [2.45, 2.75) is 39.4 Å². The quantitative estimate of drug-likeness (QED) is 0.840. The largest absolute Gasteiger partial charge is 0.494 e. The lowest BCUT2D eigenvalue weighted by molar-refractivity contribution is -0.154. The third-order valence-electron chi connectivity index (χ3n) is 4.61. The predicted octanol–water partition coefficient (Wildman–Crippen LogP) is 1.49. The van der Waals surface area contributed by atoms with Gasteiger partial charge in [0, 0.05) is 5.92 Å². The molecule has 8 heteroatoms. The molecule has 0 spiro atoms. The number of carboxylic acid groups (broad SMARTS) is 1. The van der Waals surface area contributed by atoms with Crippen LogP contribution >= 0.6 is 0 Å². The molecule has 1 aromatic carbocycles. The zero-order valence-electron chi connectivity index (χ0n) is 14.8. The second-order valence-electron chi connectivity index (χ2n) is 6.45. The third kappa shape index (κ3) is 3.68. The molecule has 0 radical (unpaired) electrons. The molecule has 2 unspecified atom stereocenters. The van der Waals surface area contributed by atoms with Crippen molar-refractivity contribution in [1.29, 1.82) is 0 Å². The van der Waals surface area contributed by atoms with Gasteiger partial charge in [-0.15, -0.1) is 10.2 Å². The normalized spacial score (nSPS) is 17.5. The summed E-state index contributed by atoms with van der Waals surface area (Å²) < 4.78 is 7.39. The number of rotatable bonds is 6. The first kappa shape index (κ1) is 17.9. The van der Waals surface area contributed by atoms with Crippen LogP contribution in [0.25, 0.3) is 0 Å². The van der Waals surface area contributed by atoms with Crippen LogP contribution in [0.2, 0.25) is 0 Å². The molecule has 0 fully saturated rings. The van der Waals surface area contributed by atoms with Gasteiger partial charge < -0.3 is 19.3 Å². The van der Waals surface area contributed by atoms with E-state index in [4.69, 9.17) is 4.74 Å². The van der Waals surface area contributed by atoms with Gasteiger partial charge in [0.05, 0.1) is 19.7 Å². The summed E-state index contributed by atoms with van der Waals surface area (Å²) in [6.07, 6.45) is 0.502. The van der Waals surface area contributed by atoms with Crippen LogP contribution in [0.4, 0.5) is 0 Å². The fourth-order valence-electron chi connectivity index (χ4n) is 3.03. The second-order valence-corrected chi connectivity index (χ2v) is 6.45. The lowest BCUT2D eigenvalue weighted by atomic mass is 10.0. The molecule has 2 aromatic rings. The fourth-order valence-corrected chi connectivity index (χ4v) is 3.03. The first-order valence-corrected chi connectivity index (χ1v) is 8.57. The van der Waals surface area contributed by atoms with Gasteiger partial charge in [0.15, 0.2) is 5.82 Å². The van der Waals surface area contributed by atoms with Crippen LogP contribution in [0, 0.1) is 12.8 Å². The van der Waals surface area contributed by atoms with Gasteiger partial charge in [-0.05, 0) is 25.5 Å². The molecule has 2 atom stereocenters. The van der Waals surface area contributed by atoms with Crippen LogP contribution in [-0.4, -0.2) is 49.3 Å². The van der Waals surface area contributed by atoms with Gasteiger partial charge in [-0.1, -0.05) is 25.1 Å². The van der Waals surface area contributed by atoms with Crippen molar-refractivity contribution in [1.82, 2.24) is 19.7 Å². The minimum atomic E-state index is -1.02. The highest BCUT2D eigenvalue weighted by Crippen LogP contribution is 2.21. The lowest BCUT2D eigenvalue weighted by Gasteiger charge is -2.35. The maximum Gasteiger partial charge on any atom is 0.328 e. The number of carboxylic acids is 1. The van der Waals surface area contributed by atoms with Gasteiger partial charge in [0.1, 0.15) is 17.6 Å². The van der Waals surface area contributed by atoms with Crippen molar-refractivity contribution in [2.75, 3.05) is 6.61 Å². The van der Waals surface area contributed by atoms with E-state index in [2.05, 4.69) is 10.2 Å². The van der Waals surface area contributed by atoms with Crippen LogP contribution in [0.1, 0.15) is 25.0 Å². The van der Waals surface area contributed by atoms with Gasteiger partial charge in [0.2, 0.25) is 5.91 Å². The number of nitrogens with zero attached hydrogens (tertiary/aromatic N) is 4. The first-order chi connectivity index (χ1) is 12.5. The van der Waals surface area contributed by atoms with E-state index in [-0.39, 0.29) is 24.9 Å². The zero-order valence-corrected chi connectivity index (χ0v) is 14.8. The average molecular weight is 358 g/mol. The molecule has 1 amide bonds. The minimum absolute atomic E-state index is 0.153. The average Bonchev–Trinajstić information content (AvgIpc) is 3.01. The van der Waals surface area contributed by atoms with E-state index < -0.39 is 12.0 Å². The van der Waals surface area contributed by atoms with Gasteiger partial charge in [0.25, 0.3) is 0 Å². The molecular weight excluding hydrogens is 336 g/mol. The van der Waals surface area contributed by atoms with Gasteiger partial charge in [-0.3, -0.25) is 4.79 Å².